The Morgan fingerprint density at radius 2 is 1.92 bits per heavy atom. The van der Waals surface area contributed by atoms with Gasteiger partial charge in [-0.05, 0) is 56.0 Å². The molecule has 0 aliphatic heterocycles. The molecule has 3 rings (SSSR count). The lowest BCUT2D eigenvalue weighted by molar-refractivity contribution is -0.137. The summed E-state index contributed by atoms with van der Waals surface area (Å²) in [5.41, 5.74) is -0.157. The molecule has 1 aliphatic rings. The minimum atomic E-state index is -4.53. The highest BCUT2D eigenvalue weighted by Gasteiger charge is 2.32. The first-order valence-electron chi connectivity index (χ1n) is 7.95. The maximum atomic E-state index is 12.8. The van der Waals surface area contributed by atoms with E-state index in [4.69, 9.17) is 0 Å². The normalized spacial score (nSPS) is 20.7. The number of aromatic hydroxyl groups is 1. The van der Waals surface area contributed by atoms with Crippen molar-refractivity contribution in [1.29, 1.82) is 0 Å². The molecule has 0 radical (unpaired) electrons. The number of aromatic nitrogens is 2. The highest BCUT2D eigenvalue weighted by atomic mass is 19.4. The lowest BCUT2D eigenvalue weighted by Gasteiger charge is -2.17. The van der Waals surface area contributed by atoms with Gasteiger partial charge in [0.2, 0.25) is 0 Å². The van der Waals surface area contributed by atoms with Crippen molar-refractivity contribution >= 4 is 5.82 Å². The molecule has 0 saturated heterocycles. The van der Waals surface area contributed by atoms with E-state index in [0.717, 1.165) is 25.3 Å². The van der Waals surface area contributed by atoms with Gasteiger partial charge in [0.25, 0.3) is 0 Å². The van der Waals surface area contributed by atoms with Crippen LogP contribution in [0.4, 0.5) is 19.0 Å². The van der Waals surface area contributed by atoms with E-state index in [2.05, 4.69) is 15.5 Å². The first-order valence-corrected chi connectivity index (χ1v) is 7.95. The Bertz CT molecular complexity index is 740. The molecule has 5 nitrogen and oxygen atoms in total. The van der Waals surface area contributed by atoms with Crippen molar-refractivity contribution in [3.05, 3.63) is 35.4 Å². The second kappa shape index (κ2) is 6.51. The number of hydrogen-bond acceptors (Lipinski definition) is 5. The molecular weight excluding hydrogens is 335 g/mol. The van der Waals surface area contributed by atoms with E-state index in [0.29, 0.717) is 11.9 Å². The Labute approximate surface area is 142 Å². The van der Waals surface area contributed by atoms with Crippen molar-refractivity contribution in [2.24, 2.45) is 0 Å². The van der Waals surface area contributed by atoms with Crippen LogP contribution in [0.5, 0.6) is 5.75 Å². The molecule has 134 valence electrons. The van der Waals surface area contributed by atoms with Crippen molar-refractivity contribution in [2.45, 2.75) is 44.5 Å². The standard InChI is InChI=1S/C17H18F3N3O2/c1-9-7-10(17(18,19)20)8-14(25)16(9)12-5-6-15(23-22-12)21-11-3-2-4-13(11)24/h5-8,11,13,24-25H,2-4H2,1H3,(H,21,23)/t11-,13+/m1/s1. The van der Waals surface area contributed by atoms with E-state index in [9.17, 15) is 23.4 Å². The second-order valence-electron chi connectivity index (χ2n) is 6.24. The SMILES string of the molecule is Cc1cc(C(F)(F)F)cc(O)c1-c1ccc(N[C@@H]2CCC[C@@H]2O)nn1. The molecular formula is C17H18F3N3O2. The van der Waals surface area contributed by atoms with Crippen LogP contribution in [0, 0.1) is 6.92 Å². The predicted molar refractivity (Wildman–Crippen MR) is 86.1 cm³/mol. The van der Waals surface area contributed by atoms with Crippen molar-refractivity contribution < 1.29 is 23.4 Å². The van der Waals surface area contributed by atoms with Crippen LogP contribution in [-0.2, 0) is 6.18 Å². The van der Waals surface area contributed by atoms with Crippen LogP contribution >= 0.6 is 0 Å². The van der Waals surface area contributed by atoms with Crippen LogP contribution in [0.15, 0.2) is 24.3 Å². The second-order valence-corrected chi connectivity index (χ2v) is 6.24. The van der Waals surface area contributed by atoms with Crippen molar-refractivity contribution in [2.75, 3.05) is 5.32 Å². The highest BCUT2D eigenvalue weighted by Crippen LogP contribution is 2.38. The number of rotatable bonds is 3. The van der Waals surface area contributed by atoms with Gasteiger partial charge in [0.05, 0.1) is 23.4 Å². The molecule has 1 aromatic carbocycles. The molecule has 0 spiro atoms. The summed E-state index contributed by atoms with van der Waals surface area (Å²) >= 11 is 0. The topological polar surface area (TPSA) is 78.3 Å². The summed E-state index contributed by atoms with van der Waals surface area (Å²) in [6.45, 7) is 1.48. The molecule has 8 heteroatoms. The molecule has 1 aromatic heterocycles. The molecule has 2 atom stereocenters. The fourth-order valence-corrected chi connectivity index (χ4v) is 3.11. The third-order valence-electron chi connectivity index (χ3n) is 4.38. The van der Waals surface area contributed by atoms with Crippen LogP contribution in [0.3, 0.4) is 0 Å². The Kier molecular flexibility index (Phi) is 4.55. The maximum absolute atomic E-state index is 12.8. The van der Waals surface area contributed by atoms with Crippen molar-refractivity contribution in [3.63, 3.8) is 0 Å². The van der Waals surface area contributed by atoms with Gasteiger partial charge in [0.1, 0.15) is 11.6 Å². The molecule has 0 bridgehead atoms. The van der Waals surface area contributed by atoms with Crippen molar-refractivity contribution in [3.8, 4) is 17.0 Å². The Morgan fingerprint density at radius 1 is 1.16 bits per heavy atom. The summed E-state index contributed by atoms with van der Waals surface area (Å²) in [6, 6.07) is 4.78. The molecule has 3 N–H and O–H groups in total. The fraction of sp³-hybridized carbons (Fsp3) is 0.412. The average Bonchev–Trinajstić information content (AvgIpc) is 2.92. The van der Waals surface area contributed by atoms with Gasteiger partial charge in [0.15, 0.2) is 0 Å². The van der Waals surface area contributed by atoms with Crippen molar-refractivity contribution in [1.82, 2.24) is 10.2 Å². The quantitative estimate of drug-likeness (QED) is 0.787. The zero-order valence-corrected chi connectivity index (χ0v) is 13.5. The van der Waals surface area contributed by atoms with Crippen LogP contribution in [0.1, 0.15) is 30.4 Å². The van der Waals surface area contributed by atoms with E-state index in [1.54, 1.807) is 12.1 Å². The minimum absolute atomic E-state index is 0.0821. The Hall–Kier alpha value is -2.35. The summed E-state index contributed by atoms with van der Waals surface area (Å²) in [5, 5.41) is 30.9. The third kappa shape index (κ3) is 3.68. The molecule has 1 heterocycles. The number of aliphatic hydroxyl groups is 1. The fourth-order valence-electron chi connectivity index (χ4n) is 3.11. The van der Waals surface area contributed by atoms with Gasteiger partial charge in [-0.2, -0.15) is 13.2 Å². The largest absolute Gasteiger partial charge is 0.507 e. The van der Waals surface area contributed by atoms with Crippen LogP contribution in [0.2, 0.25) is 0 Å². The summed E-state index contributed by atoms with van der Waals surface area (Å²) in [7, 11) is 0. The Morgan fingerprint density at radius 3 is 2.44 bits per heavy atom. The number of anilines is 1. The molecule has 1 fully saturated rings. The number of phenols is 1. The summed E-state index contributed by atoms with van der Waals surface area (Å²) in [4.78, 5) is 0. The average molecular weight is 353 g/mol. The molecule has 0 unspecified atom stereocenters. The van der Waals surface area contributed by atoms with E-state index >= 15 is 0 Å². The van der Waals surface area contributed by atoms with E-state index in [-0.39, 0.29) is 22.9 Å². The molecule has 25 heavy (non-hydrogen) atoms. The number of aliphatic hydroxyl groups excluding tert-OH is 1. The first kappa shape index (κ1) is 17.5. The number of alkyl halides is 3. The lowest BCUT2D eigenvalue weighted by Crippen LogP contribution is -2.28. The van der Waals surface area contributed by atoms with Gasteiger partial charge in [0, 0.05) is 5.56 Å². The van der Waals surface area contributed by atoms with Gasteiger partial charge in [-0.1, -0.05) is 0 Å². The predicted octanol–water partition coefficient (Wildman–Crippen LogP) is 3.50. The summed E-state index contributed by atoms with van der Waals surface area (Å²) in [6.07, 6.45) is -2.45. The molecule has 1 aliphatic carbocycles. The van der Waals surface area contributed by atoms with Gasteiger partial charge in [-0.3, -0.25) is 0 Å². The van der Waals surface area contributed by atoms with Gasteiger partial charge >= 0.3 is 6.18 Å². The van der Waals surface area contributed by atoms with Gasteiger partial charge in [-0.15, -0.1) is 10.2 Å². The number of halogens is 3. The third-order valence-corrected chi connectivity index (χ3v) is 4.38. The van der Waals surface area contributed by atoms with Crippen LogP contribution in [-0.4, -0.2) is 32.6 Å². The minimum Gasteiger partial charge on any atom is -0.507 e. The molecule has 1 saturated carbocycles. The molecule has 0 amide bonds. The smallest absolute Gasteiger partial charge is 0.416 e. The zero-order valence-electron chi connectivity index (χ0n) is 13.5. The number of hydrogen-bond donors (Lipinski definition) is 3. The number of nitrogens with one attached hydrogen (secondary N) is 1. The lowest BCUT2D eigenvalue weighted by atomic mass is 10.0. The van der Waals surface area contributed by atoms with Crippen LogP contribution in [0.25, 0.3) is 11.3 Å². The van der Waals surface area contributed by atoms with E-state index < -0.39 is 23.6 Å². The number of benzene rings is 1. The van der Waals surface area contributed by atoms with Gasteiger partial charge < -0.3 is 15.5 Å². The van der Waals surface area contributed by atoms with Crippen LogP contribution < -0.4 is 5.32 Å². The number of aryl methyl sites for hydroxylation is 1. The number of nitrogens with zero attached hydrogens (tertiary/aromatic N) is 2. The van der Waals surface area contributed by atoms with E-state index in [1.807, 2.05) is 0 Å². The molecule has 2 aromatic rings. The van der Waals surface area contributed by atoms with Gasteiger partial charge in [-0.25, -0.2) is 0 Å². The number of phenolic OH excluding ortho intramolecular Hbond substituents is 1. The summed E-state index contributed by atoms with van der Waals surface area (Å²) < 4.78 is 38.4. The summed E-state index contributed by atoms with van der Waals surface area (Å²) in [5.74, 6) is -0.0210. The highest BCUT2D eigenvalue weighted by molar-refractivity contribution is 5.71. The Balaban J connectivity index is 1.85. The first-order chi connectivity index (χ1) is 11.8. The van der Waals surface area contributed by atoms with E-state index in [1.165, 1.54) is 6.92 Å². The monoisotopic (exact) mass is 353 g/mol. The zero-order chi connectivity index (χ0) is 18.2. The maximum Gasteiger partial charge on any atom is 0.416 e.